The molecular formula is C27H26Cl2N2O5S. The fourth-order valence-corrected chi connectivity index (χ4v) is 5.63. The van der Waals surface area contributed by atoms with E-state index in [-0.39, 0.29) is 23.8 Å². The largest absolute Gasteiger partial charge is 0.493 e. The SMILES string of the molecule is CCOC(=O)C1=C(C)N=c2s/c(=C/c3c(Cl)cccc3Cl)c(=O)n2[C@@H]1c1ccc(OC(C)C)c(OC)c1. The Balaban J connectivity index is 1.97. The van der Waals surface area contributed by atoms with E-state index < -0.39 is 12.0 Å². The first kappa shape index (κ1) is 27.0. The highest BCUT2D eigenvalue weighted by atomic mass is 35.5. The minimum Gasteiger partial charge on any atom is -0.493 e. The number of benzene rings is 2. The molecule has 3 aromatic rings. The zero-order valence-electron chi connectivity index (χ0n) is 21.0. The van der Waals surface area contributed by atoms with E-state index in [4.69, 9.17) is 37.4 Å². The van der Waals surface area contributed by atoms with Crippen LogP contribution in [0.2, 0.25) is 10.0 Å². The first-order valence-corrected chi connectivity index (χ1v) is 13.2. The lowest BCUT2D eigenvalue weighted by Crippen LogP contribution is -2.40. The number of ether oxygens (including phenoxy) is 3. The maximum atomic E-state index is 13.8. The van der Waals surface area contributed by atoms with Gasteiger partial charge in [0.1, 0.15) is 0 Å². The van der Waals surface area contributed by atoms with E-state index in [1.807, 2.05) is 19.9 Å². The Labute approximate surface area is 228 Å². The summed E-state index contributed by atoms with van der Waals surface area (Å²) in [6, 6.07) is 9.70. The maximum absolute atomic E-state index is 13.8. The summed E-state index contributed by atoms with van der Waals surface area (Å²) in [5, 5.41) is 0.840. The fraction of sp³-hybridized carbons (Fsp3) is 0.296. The van der Waals surface area contributed by atoms with Gasteiger partial charge < -0.3 is 14.2 Å². The Hall–Kier alpha value is -3.07. The molecule has 0 fully saturated rings. The molecule has 1 aliphatic heterocycles. The van der Waals surface area contributed by atoms with Gasteiger partial charge in [-0.2, -0.15) is 0 Å². The van der Waals surface area contributed by atoms with E-state index in [0.29, 0.717) is 47.7 Å². The van der Waals surface area contributed by atoms with Crippen molar-refractivity contribution >= 4 is 46.6 Å². The molecule has 0 spiro atoms. The van der Waals surface area contributed by atoms with Gasteiger partial charge in [0.2, 0.25) is 0 Å². The molecule has 10 heteroatoms. The van der Waals surface area contributed by atoms with Crippen LogP contribution in [-0.4, -0.2) is 30.4 Å². The van der Waals surface area contributed by atoms with Gasteiger partial charge >= 0.3 is 5.97 Å². The Morgan fingerprint density at radius 3 is 2.51 bits per heavy atom. The monoisotopic (exact) mass is 560 g/mol. The highest BCUT2D eigenvalue weighted by molar-refractivity contribution is 7.07. The number of aromatic nitrogens is 1. The van der Waals surface area contributed by atoms with Gasteiger partial charge in [-0.3, -0.25) is 9.36 Å². The van der Waals surface area contributed by atoms with Gasteiger partial charge in [-0.1, -0.05) is 46.7 Å². The summed E-state index contributed by atoms with van der Waals surface area (Å²) >= 11 is 13.9. The molecule has 0 aliphatic carbocycles. The Kier molecular flexibility index (Phi) is 8.11. The molecule has 0 saturated carbocycles. The third-order valence-electron chi connectivity index (χ3n) is 5.66. The Morgan fingerprint density at radius 1 is 1.19 bits per heavy atom. The van der Waals surface area contributed by atoms with Crippen LogP contribution in [0, 0.1) is 0 Å². The summed E-state index contributed by atoms with van der Waals surface area (Å²) in [6.45, 7) is 7.48. The van der Waals surface area contributed by atoms with Crippen LogP contribution < -0.4 is 24.4 Å². The second kappa shape index (κ2) is 11.1. The van der Waals surface area contributed by atoms with E-state index in [1.54, 1.807) is 57.4 Å². The molecule has 1 aromatic heterocycles. The van der Waals surface area contributed by atoms with Crippen LogP contribution in [0.25, 0.3) is 6.08 Å². The molecular weight excluding hydrogens is 535 g/mol. The molecule has 1 aliphatic rings. The summed E-state index contributed by atoms with van der Waals surface area (Å²) in [5.41, 5.74) is 1.59. The molecule has 0 bridgehead atoms. The van der Waals surface area contributed by atoms with Crippen molar-refractivity contribution in [1.29, 1.82) is 0 Å². The van der Waals surface area contributed by atoms with Crippen molar-refractivity contribution in [2.24, 2.45) is 4.99 Å². The fourth-order valence-electron chi connectivity index (χ4n) is 4.09. The lowest BCUT2D eigenvalue weighted by atomic mass is 9.95. The smallest absolute Gasteiger partial charge is 0.338 e. The van der Waals surface area contributed by atoms with Crippen molar-refractivity contribution in [3.8, 4) is 11.5 Å². The first-order chi connectivity index (χ1) is 17.7. The molecule has 7 nitrogen and oxygen atoms in total. The second-order valence-corrected chi connectivity index (χ2v) is 10.3. The number of halogens is 2. The molecule has 37 heavy (non-hydrogen) atoms. The number of hydrogen-bond donors (Lipinski definition) is 0. The molecule has 0 N–H and O–H groups in total. The van der Waals surface area contributed by atoms with Gasteiger partial charge in [0.05, 0.1) is 41.7 Å². The van der Waals surface area contributed by atoms with Crippen LogP contribution in [0.5, 0.6) is 11.5 Å². The maximum Gasteiger partial charge on any atom is 0.338 e. The summed E-state index contributed by atoms with van der Waals surface area (Å²) in [5.74, 6) is 0.494. The number of rotatable bonds is 7. The molecule has 4 rings (SSSR count). The zero-order valence-corrected chi connectivity index (χ0v) is 23.3. The van der Waals surface area contributed by atoms with E-state index in [2.05, 4.69) is 4.99 Å². The minimum atomic E-state index is -0.791. The number of carbonyl (C=O) groups is 1. The first-order valence-electron chi connectivity index (χ1n) is 11.6. The van der Waals surface area contributed by atoms with Gasteiger partial charge in [-0.15, -0.1) is 0 Å². The predicted molar refractivity (Wildman–Crippen MR) is 146 cm³/mol. The molecule has 1 atom stereocenters. The second-order valence-electron chi connectivity index (χ2n) is 8.51. The lowest BCUT2D eigenvalue weighted by Gasteiger charge is -2.25. The average molecular weight is 561 g/mol. The average Bonchev–Trinajstić information content (AvgIpc) is 3.15. The van der Waals surface area contributed by atoms with Gasteiger partial charge in [-0.25, -0.2) is 9.79 Å². The van der Waals surface area contributed by atoms with E-state index >= 15 is 0 Å². The Morgan fingerprint density at radius 2 is 1.89 bits per heavy atom. The van der Waals surface area contributed by atoms with E-state index in [9.17, 15) is 9.59 Å². The number of carbonyl (C=O) groups excluding carboxylic acids is 1. The number of nitrogens with zero attached hydrogens (tertiary/aromatic N) is 2. The topological polar surface area (TPSA) is 79.1 Å². The normalized spacial score (nSPS) is 15.5. The summed E-state index contributed by atoms with van der Waals surface area (Å²) in [7, 11) is 1.54. The van der Waals surface area contributed by atoms with Gasteiger partial charge in [-0.05, 0) is 63.6 Å². The third-order valence-corrected chi connectivity index (χ3v) is 7.30. The number of methoxy groups -OCH3 is 1. The number of esters is 1. The number of hydrogen-bond acceptors (Lipinski definition) is 7. The summed E-state index contributed by atoms with van der Waals surface area (Å²) in [6.07, 6.45) is 1.58. The van der Waals surface area contributed by atoms with Gasteiger partial charge in [0.15, 0.2) is 16.3 Å². The quantitative estimate of drug-likeness (QED) is 0.384. The van der Waals surface area contributed by atoms with Crippen molar-refractivity contribution in [3.63, 3.8) is 0 Å². The summed E-state index contributed by atoms with van der Waals surface area (Å²) in [4.78, 5) is 31.9. The molecule has 0 radical (unpaired) electrons. The van der Waals surface area contributed by atoms with E-state index in [1.165, 1.54) is 15.9 Å². The van der Waals surface area contributed by atoms with Crippen molar-refractivity contribution in [2.75, 3.05) is 13.7 Å². The number of fused-ring (bicyclic) bond motifs is 1. The molecule has 0 unspecified atom stereocenters. The van der Waals surface area contributed by atoms with Crippen LogP contribution in [0.15, 0.2) is 57.5 Å². The molecule has 0 amide bonds. The molecule has 2 aromatic carbocycles. The summed E-state index contributed by atoms with van der Waals surface area (Å²) < 4.78 is 18.7. The predicted octanol–water partition coefficient (Wildman–Crippen LogP) is 4.90. The van der Waals surface area contributed by atoms with Crippen LogP contribution in [0.4, 0.5) is 0 Å². The number of thiazole rings is 1. The standard InChI is InChI=1S/C27H26Cl2N2O5S/c1-6-35-26(33)23-15(4)30-27-31(24(23)16-10-11-20(36-14(2)3)21(12-16)34-5)25(32)22(37-27)13-17-18(28)8-7-9-19(17)29/h7-14,24H,6H2,1-5H3/b22-13+/t24-/m1/s1. The van der Waals surface area contributed by atoms with E-state index in [0.717, 1.165) is 0 Å². The zero-order chi connectivity index (χ0) is 26.9. The molecule has 2 heterocycles. The van der Waals surface area contributed by atoms with Crippen molar-refractivity contribution in [1.82, 2.24) is 4.57 Å². The molecule has 194 valence electrons. The minimum absolute atomic E-state index is 0.0636. The van der Waals surface area contributed by atoms with Crippen LogP contribution in [0.1, 0.15) is 44.9 Å². The number of allylic oxidation sites excluding steroid dienone is 1. The Bertz CT molecular complexity index is 1550. The van der Waals surface area contributed by atoms with Crippen molar-refractivity contribution < 1.29 is 19.0 Å². The van der Waals surface area contributed by atoms with Crippen LogP contribution >= 0.6 is 34.5 Å². The van der Waals surface area contributed by atoms with Crippen LogP contribution in [-0.2, 0) is 9.53 Å². The molecule has 0 saturated heterocycles. The van der Waals surface area contributed by atoms with Gasteiger partial charge in [0, 0.05) is 15.6 Å². The van der Waals surface area contributed by atoms with Crippen molar-refractivity contribution in [3.05, 3.63) is 88.5 Å². The van der Waals surface area contributed by atoms with Crippen LogP contribution in [0.3, 0.4) is 0 Å². The third kappa shape index (κ3) is 5.32. The highest BCUT2D eigenvalue weighted by Gasteiger charge is 2.34. The highest BCUT2D eigenvalue weighted by Crippen LogP contribution is 2.36. The van der Waals surface area contributed by atoms with Crippen molar-refractivity contribution in [2.45, 2.75) is 39.8 Å². The lowest BCUT2D eigenvalue weighted by molar-refractivity contribution is -0.139. The van der Waals surface area contributed by atoms with Gasteiger partial charge in [0.25, 0.3) is 5.56 Å².